The molecule has 0 aliphatic heterocycles. The van der Waals surface area contributed by atoms with Crippen molar-refractivity contribution in [2.24, 2.45) is 11.5 Å². The molecule has 8 amide bonds. The van der Waals surface area contributed by atoms with Gasteiger partial charge in [0.25, 0.3) is 0 Å². The third-order valence-electron chi connectivity index (χ3n) is 11.4. The molecule has 0 aromatic heterocycles. The summed E-state index contributed by atoms with van der Waals surface area (Å²) >= 11 is 4.23. The molecular weight excluding hydrogens is 1230 g/mol. The van der Waals surface area contributed by atoms with Crippen molar-refractivity contribution in [2.45, 2.75) is 44.2 Å². The molecule has 0 aromatic rings. The molecule has 0 radical (unpaired) electrons. The lowest BCUT2D eigenvalue weighted by Crippen LogP contribution is -2.55. The minimum absolute atomic E-state index is 0.0748. The highest BCUT2D eigenvalue weighted by atomic mass is 32.1. The fraction of sp³-hybridized carbons (Fsp3) is 0.857. The van der Waals surface area contributed by atoms with Gasteiger partial charge in [0.05, 0.1) is 244 Å². The normalized spacial score (nSPS) is 11.9. The van der Waals surface area contributed by atoms with E-state index in [0.717, 1.165) is 0 Å². The zero-order valence-corrected chi connectivity index (χ0v) is 54.2. The first-order valence-electron chi connectivity index (χ1n) is 30.7. The summed E-state index contributed by atoms with van der Waals surface area (Å²) in [5.41, 5.74) is 10.2. The van der Waals surface area contributed by atoms with E-state index >= 15 is 0 Å². The van der Waals surface area contributed by atoms with E-state index in [1.165, 1.54) is 0 Å². The number of ether oxygens (including phenoxy) is 17. The van der Waals surface area contributed by atoms with Crippen molar-refractivity contribution in [2.75, 3.05) is 270 Å². The van der Waals surface area contributed by atoms with Crippen molar-refractivity contribution in [3.63, 3.8) is 0 Å². The molecule has 91 heavy (non-hydrogen) atoms. The lowest BCUT2D eigenvalue weighted by Gasteiger charge is -2.22. The van der Waals surface area contributed by atoms with Gasteiger partial charge in [-0.3, -0.25) is 38.4 Å². The third kappa shape index (κ3) is 63.9. The fourth-order valence-corrected chi connectivity index (χ4v) is 6.92. The molecule has 532 valence electrons. The number of nitrogens with two attached hydrogens (primary N) is 2. The van der Waals surface area contributed by atoms with E-state index < -0.39 is 60.6 Å². The van der Waals surface area contributed by atoms with Gasteiger partial charge in [0, 0.05) is 38.8 Å². The van der Waals surface area contributed by atoms with Gasteiger partial charge in [-0.05, 0) is 19.3 Å². The molecule has 34 nitrogen and oxygen atoms in total. The van der Waals surface area contributed by atoms with Crippen molar-refractivity contribution in [1.29, 1.82) is 0 Å². The van der Waals surface area contributed by atoms with Gasteiger partial charge in [0.2, 0.25) is 47.3 Å². The van der Waals surface area contributed by atoms with Crippen LogP contribution < -0.4 is 48.7 Å². The molecule has 0 rings (SSSR count). The Morgan fingerprint density at radius 1 is 0.330 bits per heavy atom. The topological polar surface area (TPSA) is 430 Å². The maximum atomic E-state index is 13.5. The molecule has 35 heteroatoms. The third-order valence-corrected chi connectivity index (χ3v) is 11.7. The Balaban J connectivity index is 4.07. The van der Waals surface area contributed by atoms with Crippen LogP contribution in [0.4, 0.5) is 0 Å². The first kappa shape index (κ1) is 86.4. The Bertz CT molecular complexity index is 1800. The van der Waals surface area contributed by atoms with E-state index in [4.69, 9.17) is 92.0 Å². The highest BCUT2D eigenvalue weighted by Crippen LogP contribution is 2.04. The second-order valence-corrected chi connectivity index (χ2v) is 19.2. The average molecular weight is 1340 g/mol. The van der Waals surface area contributed by atoms with Crippen LogP contribution in [-0.4, -0.2) is 329 Å². The highest BCUT2D eigenvalue weighted by molar-refractivity contribution is 7.80. The van der Waals surface area contributed by atoms with E-state index in [2.05, 4.69) is 49.8 Å². The standard InChI is InChI=1S/C56H107N9O25S/c1-74-12-13-78-20-21-82-26-27-84-30-31-86-34-35-88-38-39-90-41-40-89-37-36-87-33-32-85-29-28-83-25-23-79-17-14-75-9-5-50(67)59-7-3-2-4-47(64-54(71)45-63-53(70)44-62-52(69)42-57)56(73)65-48(46-91)55(72)60-8-11-77-16-19-81-24-22-80-18-15-76-10-6-51(68)61-43-49(58)66/h47-48,91H,2-46,57H2,1H3,(H2,58,66)(H,59,67)(H,60,72)(H,61,68)(H,62,69)(H,63,70)(H,64,71)(H,65,73)/t47-,48-/m0/s1. The van der Waals surface area contributed by atoms with Crippen LogP contribution in [-0.2, 0) is 119 Å². The van der Waals surface area contributed by atoms with Crippen molar-refractivity contribution < 1.29 is 119 Å². The Hall–Kier alpha value is -4.61. The van der Waals surface area contributed by atoms with Crippen LogP contribution in [0.5, 0.6) is 0 Å². The van der Waals surface area contributed by atoms with E-state index in [-0.39, 0.29) is 109 Å². The molecule has 0 bridgehead atoms. The number of unbranched alkanes of at least 4 members (excludes halogenated alkanes) is 1. The number of thiol groups is 1. The quantitative estimate of drug-likeness (QED) is 0.0201. The minimum atomic E-state index is -1.13. The largest absolute Gasteiger partial charge is 0.382 e. The van der Waals surface area contributed by atoms with Gasteiger partial charge in [-0.2, -0.15) is 12.6 Å². The number of methoxy groups -OCH3 is 1. The number of primary amides is 1. The Morgan fingerprint density at radius 2 is 0.659 bits per heavy atom. The van der Waals surface area contributed by atoms with Crippen LogP contribution in [0.2, 0.25) is 0 Å². The number of hydrogen-bond donors (Lipinski definition) is 10. The zero-order chi connectivity index (χ0) is 66.6. The molecule has 0 aliphatic rings. The van der Waals surface area contributed by atoms with Crippen LogP contribution in [0.25, 0.3) is 0 Å². The molecule has 0 heterocycles. The van der Waals surface area contributed by atoms with E-state index in [1.54, 1.807) is 7.11 Å². The van der Waals surface area contributed by atoms with E-state index in [1.807, 2.05) is 0 Å². The first-order valence-corrected chi connectivity index (χ1v) is 31.3. The van der Waals surface area contributed by atoms with Crippen molar-refractivity contribution in [3.8, 4) is 0 Å². The molecule has 0 saturated carbocycles. The Labute approximate surface area is 540 Å². The monoisotopic (exact) mass is 1340 g/mol. The minimum Gasteiger partial charge on any atom is -0.382 e. The summed E-state index contributed by atoms with van der Waals surface area (Å²) in [6.07, 6.45) is 1.13. The molecule has 2 atom stereocenters. The lowest BCUT2D eigenvalue weighted by molar-refractivity contribution is -0.132. The Morgan fingerprint density at radius 3 is 1.02 bits per heavy atom. The lowest BCUT2D eigenvalue weighted by atomic mass is 10.1. The number of rotatable bonds is 71. The summed E-state index contributed by atoms with van der Waals surface area (Å²) in [4.78, 5) is 97.4. The summed E-state index contributed by atoms with van der Waals surface area (Å²) in [5.74, 6) is -4.45. The molecular formula is C56H107N9O25S. The van der Waals surface area contributed by atoms with Crippen molar-refractivity contribution >= 4 is 59.9 Å². The number of carbonyl (C=O) groups excluding carboxylic acids is 8. The van der Waals surface area contributed by atoms with Crippen LogP contribution in [0.1, 0.15) is 32.1 Å². The van der Waals surface area contributed by atoms with Gasteiger partial charge in [-0.25, -0.2) is 0 Å². The maximum absolute atomic E-state index is 13.5. The second kappa shape index (κ2) is 68.3. The molecule has 0 aliphatic carbocycles. The number of carbonyl (C=O) groups is 8. The van der Waals surface area contributed by atoms with Gasteiger partial charge in [-0.15, -0.1) is 0 Å². The van der Waals surface area contributed by atoms with Gasteiger partial charge in [-0.1, -0.05) is 0 Å². The predicted molar refractivity (Wildman–Crippen MR) is 329 cm³/mol. The molecule has 0 unspecified atom stereocenters. The van der Waals surface area contributed by atoms with E-state index in [9.17, 15) is 38.4 Å². The highest BCUT2D eigenvalue weighted by Gasteiger charge is 2.26. The second-order valence-electron chi connectivity index (χ2n) is 18.8. The van der Waals surface area contributed by atoms with Gasteiger partial charge in [0.15, 0.2) is 0 Å². The zero-order valence-electron chi connectivity index (χ0n) is 53.3. The Kier molecular flexibility index (Phi) is 64.8. The smallest absolute Gasteiger partial charge is 0.243 e. The van der Waals surface area contributed by atoms with Gasteiger partial charge >= 0.3 is 0 Å². The van der Waals surface area contributed by atoms with E-state index in [0.29, 0.717) is 185 Å². The molecule has 0 saturated heterocycles. The summed E-state index contributed by atoms with van der Waals surface area (Å²) in [6.45, 7) is 11.9. The molecule has 0 spiro atoms. The van der Waals surface area contributed by atoms with Crippen LogP contribution in [0.3, 0.4) is 0 Å². The number of nitrogens with one attached hydrogen (secondary N) is 7. The summed E-state index contributed by atoms with van der Waals surface area (Å²) in [5, 5.41) is 17.6. The summed E-state index contributed by atoms with van der Waals surface area (Å²) in [6, 6.07) is -2.21. The van der Waals surface area contributed by atoms with Crippen LogP contribution >= 0.6 is 12.6 Å². The predicted octanol–water partition coefficient (Wildman–Crippen LogP) is -5.23. The SMILES string of the molecule is COCCOCCOCCOCCOCCOCCOCCOCCOCCOCCOCCOCCOCCC(=O)NCCCC[C@H](NC(=O)CNC(=O)CNC(=O)CN)C(=O)N[C@@H](CS)C(=O)NCCOCCOCCOCCOCCC(=O)NCC(N)=O. The summed E-state index contributed by atoms with van der Waals surface area (Å²) < 4.78 is 92.2. The number of hydrogen-bond acceptors (Lipinski definition) is 27. The molecule has 0 fully saturated rings. The average Bonchev–Trinajstić information content (AvgIpc) is 3.75. The van der Waals surface area contributed by atoms with Gasteiger partial charge in [0.1, 0.15) is 12.1 Å². The van der Waals surface area contributed by atoms with Crippen molar-refractivity contribution in [1.82, 2.24) is 37.2 Å². The number of amides is 8. The fourth-order valence-electron chi connectivity index (χ4n) is 6.66. The maximum Gasteiger partial charge on any atom is 0.243 e. The van der Waals surface area contributed by atoms with Crippen molar-refractivity contribution in [3.05, 3.63) is 0 Å². The summed E-state index contributed by atoms with van der Waals surface area (Å²) in [7, 11) is 1.63. The first-order chi connectivity index (χ1) is 44.4. The molecule has 0 aromatic carbocycles. The van der Waals surface area contributed by atoms with Gasteiger partial charge < -0.3 is 129 Å². The van der Waals surface area contributed by atoms with Crippen LogP contribution in [0, 0.1) is 0 Å². The van der Waals surface area contributed by atoms with Crippen LogP contribution in [0.15, 0.2) is 0 Å². The molecule has 11 N–H and O–H groups in total.